The van der Waals surface area contributed by atoms with Crippen LogP contribution in [0.2, 0.25) is 0 Å². The second kappa shape index (κ2) is 4.76. The first-order chi connectivity index (χ1) is 7.34. The Hall–Kier alpha value is -1.19. The maximum atomic E-state index is 6.16. The van der Waals surface area contributed by atoms with E-state index in [1.54, 1.807) is 0 Å². The first-order valence-corrected chi connectivity index (χ1v) is 5.88. The van der Waals surface area contributed by atoms with Gasteiger partial charge < -0.3 is 10.6 Å². The molecule has 1 aromatic heterocycles. The van der Waals surface area contributed by atoms with Crippen molar-refractivity contribution in [3.05, 3.63) is 5.69 Å². The normalized spacial score (nSPS) is 11.5. The van der Waals surface area contributed by atoms with Crippen molar-refractivity contribution in [2.24, 2.45) is 13.0 Å². The van der Waals surface area contributed by atoms with Gasteiger partial charge >= 0.3 is 0 Å². The molecule has 1 aromatic rings. The Morgan fingerprint density at radius 3 is 2.25 bits per heavy atom. The van der Waals surface area contributed by atoms with Crippen molar-refractivity contribution in [3.63, 3.8) is 0 Å². The van der Waals surface area contributed by atoms with Crippen LogP contribution in [0.25, 0.3) is 0 Å². The Morgan fingerprint density at radius 1 is 1.31 bits per heavy atom. The summed E-state index contributed by atoms with van der Waals surface area (Å²) >= 11 is 0. The summed E-state index contributed by atoms with van der Waals surface area (Å²) in [4.78, 5) is 2.18. The first kappa shape index (κ1) is 12.9. The number of hydrogen-bond acceptors (Lipinski definition) is 3. The number of nitrogen functional groups attached to an aromatic ring is 1. The third kappa shape index (κ3) is 2.49. The van der Waals surface area contributed by atoms with Crippen LogP contribution in [0.3, 0.4) is 0 Å². The van der Waals surface area contributed by atoms with Crippen LogP contribution < -0.4 is 10.6 Å². The minimum atomic E-state index is 0.368. The molecule has 1 rings (SSSR count). The van der Waals surface area contributed by atoms with Crippen LogP contribution in [0, 0.1) is 5.92 Å². The minimum Gasteiger partial charge on any atom is -0.394 e. The van der Waals surface area contributed by atoms with Crippen LogP contribution in [0.5, 0.6) is 0 Å². The van der Waals surface area contributed by atoms with E-state index in [-0.39, 0.29) is 0 Å². The van der Waals surface area contributed by atoms with Crippen molar-refractivity contribution >= 4 is 11.5 Å². The van der Waals surface area contributed by atoms with E-state index >= 15 is 0 Å². The number of hydrogen-bond donors (Lipinski definition) is 1. The van der Waals surface area contributed by atoms with E-state index in [0.29, 0.717) is 11.8 Å². The van der Waals surface area contributed by atoms with Crippen LogP contribution in [0.15, 0.2) is 0 Å². The third-order valence-corrected chi connectivity index (χ3v) is 2.63. The molecule has 0 saturated heterocycles. The van der Waals surface area contributed by atoms with Gasteiger partial charge in [0.05, 0.1) is 11.4 Å². The van der Waals surface area contributed by atoms with Gasteiger partial charge in [-0.15, -0.1) is 0 Å². The second-order valence-corrected chi connectivity index (χ2v) is 5.18. The summed E-state index contributed by atoms with van der Waals surface area (Å²) in [5, 5.41) is 4.49. The Balaban J connectivity index is 3.04. The number of aromatic nitrogens is 2. The van der Waals surface area contributed by atoms with Gasteiger partial charge in [0.1, 0.15) is 5.82 Å². The largest absolute Gasteiger partial charge is 0.394 e. The second-order valence-electron chi connectivity index (χ2n) is 5.18. The quantitative estimate of drug-likeness (QED) is 0.853. The minimum absolute atomic E-state index is 0.368. The highest BCUT2D eigenvalue weighted by Gasteiger charge is 2.18. The first-order valence-electron chi connectivity index (χ1n) is 5.88. The van der Waals surface area contributed by atoms with Crippen molar-refractivity contribution in [2.45, 2.75) is 33.6 Å². The fourth-order valence-electron chi connectivity index (χ4n) is 2.07. The topological polar surface area (TPSA) is 47.1 Å². The summed E-state index contributed by atoms with van der Waals surface area (Å²) in [6.07, 6.45) is 0. The molecule has 92 valence electrons. The van der Waals surface area contributed by atoms with Crippen molar-refractivity contribution in [1.29, 1.82) is 0 Å². The molecule has 1 heterocycles. The van der Waals surface area contributed by atoms with E-state index in [0.717, 1.165) is 23.7 Å². The lowest BCUT2D eigenvalue weighted by molar-refractivity contribution is 0.618. The lowest BCUT2D eigenvalue weighted by atomic mass is 10.1. The standard InChI is InChI=1S/C12H24N4/c1-8(2)7-15(5)12-10(13)11(9(3)4)14-16(12)6/h8-9H,7,13H2,1-6H3. The molecule has 0 unspecified atom stereocenters. The van der Waals surface area contributed by atoms with Crippen LogP contribution >= 0.6 is 0 Å². The number of nitrogens with two attached hydrogens (primary N) is 1. The van der Waals surface area contributed by atoms with Crippen molar-refractivity contribution in [3.8, 4) is 0 Å². The maximum absolute atomic E-state index is 6.16. The number of aryl methyl sites for hydroxylation is 1. The summed E-state index contributed by atoms with van der Waals surface area (Å²) in [5.74, 6) is 2.01. The zero-order valence-corrected chi connectivity index (χ0v) is 11.3. The Labute approximate surface area is 98.4 Å². The average molecular weight is 224 g/mol. The van der Waals surface area contributed by atoms with Gasteiger partial charge in [-0.25, -0.2) is 0 Å². The monoisotopic (exact) mass is 224 g/mol. The molecule has 0 fully saturated rings. The van der Waals surface area contributed by atoms with Crippen LogP contribution in [-0.4, -0.2) is 23.4 Å². The van der Waals surface area contributed by atoms with Gasteiger partial charge in [-0.05, 0) is 11.8 Å². The Kier molecular flexibility index (Phi) is 3.83. The van der Waals surface area contributed by atoms with Gasteiger partial charge in [-0.2, -0.15) is 5.10 Å². The van der Waals surface area contributed by atoms with E-state index in [9.17, 15) is 0 Å². The smallest absolute Gasteiger partial charge is 0.150 e. The summed E-state index contributed by atoms with van der Waals surface area (Å²) in [5.41, 5.74) is 7.97. The molecule has 2 N–H and O–H groups in total. The zero-order valence-electron chi connectivity index (χ0n) is 11.3. The molecule has 0 aliphatic rings. The molecule has 0 aromatic carbocycles. The van der Waals surface area contributed by atoms with E-state index in [1.807, 2.05) is 11.7 Å². The molecule has 0 amide bonds. The molecule has 0 atom stereocenters. The van der Waals surface area contributed by atoms with Crippen LogP contribution in [0.4, 0.5) is 11.5 Å². The fraction of sp³-hybridized carbons (Fsp3) is 0.750. The molecule has 4 heteroatoms. The molecule has 4 nitrogen and oxygen atoms in total. The fourth-order valence-corrected chi connectivity index (χ4v) is 2.07. The molecule has 0 aliphatic carbocycles. The lowest BCUT2D eigenvalue weighted by Gasteiger charge is -2.21. The van der Waals surface area contributed by atoms with Crippen LogP contribution in [-0.2, 0) is 7.05 Å². The molecule has 0 bridgehead atoms. The maximum Gasteiger partial charge on any atom is 0.150 e. The van der Waals surface area contributed by atoms with Gasteiger partial charge in [-0.3, -0.25) is 4.68 Å². The summed E-state index contributed by atoms with van der Waals surface area (Å²) < 4.78 is 1.88. The zero-order chi connectivity index (χ0) is 12.5. The lowest BCUT2D eigenvalue weighted by Crippen LogP contribution is -2.25. The molecular formula is C12H24N4. The SMILES string of the molecule is CC(C)CN(C)c1c(N)c(C(C)C)nn1C. The van der Waals surface area contributed by atoms with Gasteiger partial charge in [0.25, 0.3) is 0 Å². The Morgan fingerprint density at radius 2 is 1.88 bits per heavy atom. The highest BCUT2D eigenvalue weighted by Crippen LogP contribution is 2.30. The number of rotatable bonds is 4. The van der Waals surface area contributed by atoms with Gasteiger partial charge in [0, 0.05) is 20.6 Å². The predicted molar refractivity (Wildman–Crippen MR) is 69.8 cm³/mol. The molecule has 16 heavy (non-hydrogen) atoms. The molecule has 0 radical (unpaired) electrons. The average Bonchev–Trinajstić information content (AvgIpc) is 2.40. The number of anilines is 2. The summed E-state index contributed by atoms with van der Waals surface area (Å²) in [7, 11) is 4.02. The molecule has 0 spiro atoms. The highest BCUT2D eigenvalue weighted by atomic mass is 15.4. The summed E-state index contributed by atoms with van der Waals surface area (Å²) in [6.45, 7) is 9.62. The molecule has 0 aliphatic heterocycles. The van der Waals surface area contributed by atoms with E-state index < -0.39 is 0 Å². The highest BCUT2D eigenvalue weighted by molar-refractivity contribution is 5.66. The summed E-state index contributed by atoms with van der Waals surface area (Å²) in [6, 6.07) is 0. The van der Waals surface area contributed by atoms with Crippen molar-refractivity contribution in [2.75, 3.05) is 24.2 Å². The van der Waals surface area contributed by atoms with Gasteiger partial charge in [0.2, 0.25) is 0 Å². The van der Waals surface area contributed by atoms with Crippen molar-refractivity contribution in [1.82, 2.24) is 9.78 Å². The molecule has 0 saturated carbocycles. The van der Waals surface area contributed by atoms with Gasteiger partial charge in [-0.1, -0.05) is 27.7 Å². The van der Waals surface area contributed by atoms with Crippen molar-refractivity contribution < 1.29 is 0 Å². The van der Waals surface area contributed by atoms with E-state index in [2.05, 4.69) is 44.7 Å². The van der Waals surface area contributed by atoms with E-state index in [1.165, 1.54) is 0 Å². The predicted octanol–water partition coefficient (Wildman–Crippen LogP) is 2.22. The van der Waals surface area contributed by atoms with Crippen LogP contribution in [0.1, 0.15) is 39.3 Å². The molecular weight excluding hydrogens is 200 g/mol. The van der Waals surface area contributed by atoms with E-state index in [4.69, 9.17) is 5.73 Å². The third-order valence-electron chi connectivity index (χ3n) is 2.63. The number of nitrogens with zero attached hydrogens (tertiary/aromatic N) is 3. The Bertz CT molecular complexity index is 352. The van der Waals surface area contributed by atoms with Gasteiger partial charge in [0.15, 0.2) is 0 Å².